The zero-order valence-electron chi connectivity index (χ0n) is 13.2. The number of nitrogens with one attached hydrogen (secondary N) is 2. The Balaban J connectivity index is 2.44. The average Bonchev–Trinajstić information content (AvgIpc) is 2.50. The first kappa shape index (κ1) is 18.7. The summed E-state index contributed by atoms with van der Waals surface area (Å²) in [6.07, 6.45) is 1.60. The van der Waals surface area contributed by atoms with E-state index in [1.165, 1.54) is 0 Å². The van der Waals surface area contributed by atoms with Gasteiger partial charge in [0.15, 0.2) is 0 Å². The lowest BCUT2D eigenvalue weighted by Crippen LogP contribution is -2.32. The van der Waals surface area contributed by atoms with Gasteiger partial charge in [-0.05, 0) is 38.1 Å². The van der Waals surface area contributed by atoms with Crippen LogP contribution in [0.4, 0.5) is 0 Å². The normalized spacial score (nSPS) is 12.0. The summed E-state index contributed by atoms with van der Waals surface area (Å²) in [5, 5.41) is 16.0. The van der Waals surface area contributed by atoms with Crippen LogP contribution < -0.4 is 15.4 Å². The van der Waals surface area contributed by atoms with Gasteiger partial charge in [-0.1, -0.05) is 24.9 Å². The molecule has 0 spiro atoms. The molecule has 1 amide bonds. The number of amides is 1. The summed E-state index contributed by atoms with van der Waals surface area (Å²) in [4.78, 5) is 11.7. The molecule has 3 N–H and O–H groups in total. The van der Waals surface area contributed by atoms with Crippen molar-refractivity contribution in [3.8, 4) is 5.75 Å². The molecule has 124 valence electrons. The fourth-order valence-electron chi connectivity index (χ4n) is 1.84. The topological polar surface area (TPSA) is 70.6 Å². The molecule has 0 fully saturated rings. The maximum atomic E-state index is 11.7. The first-order valence-electron chi connectivity index (χ1n) is 7.67. The summed E-state index contributed by atoms with van der Waals surface area (Å²) >= 11 is 6.10. The van der Waals surface area contributed by atoms with E-state index >= 15 is 0 Å². The Morgan fingerprint density at radius 3 is 2.82 bits per heavy atom. The first-order valence-corrected chi connectivity index (χ1v) is 8.05. The zero-order valence-corrected chi connectivity index (χ0v) is 13.9. The second-order valence-electron chi connectivity index (χ2n) is 5.03. The van der Waals surface area contributed by atoms with Crippen molar-refractivity contribution in [3.63, 3.8) is 0 Å². The standard InChI is InChI=1S/C16H25ClN2O3/c1-3-5-8-18-10-13(20)11-22-15-7-6-12(9-14(15)17)16(21)19-4-2/h6-7,9,13,18,20H,3-5,8,10-11H2,1-2H3,(H,19,21)/t13-/m1/s1. The van der Waals surface area contributed by atoms with E-state index in [1.54, 1.807) is 18.2 Å². The Bertz CT molecular complexity index is 469. The molecule has 6 heteroatoms. The molecule has 0 aliphatic carbocycles. The van der Waals surface area contributed by atoms with Crippen molar-refractivity contribution in [1.29, 1.82) is 0 Å². The Kier molecular flexibility index (Phi) is 8.89. The lowest BCUT2D eigenvalue weighted by atomic mass is 10.2. The van der Waals surface area contributed by atoms with E-state index in [2.05, 4.69) is 17.6 Å². The van der Waals surface area contributed by atoms with Gasteiger partial charge in [0, 0.05) is 18.7 Å². The largest absolute Gasteiger partial charge is 0.489 e. The number of aliphatic hydroxyl groups excluding tert-OH is 1. The van der Waals surface area contributed by atoms with E-state index < -0.39 is 6.10 Å². The van der Waals surface area contributed by atoms with E-state index in [0.717, 1.165) is 19.4 Å². The summed E-state index contributed by atoms with van der Waals surface area (Å²) in [6, 6.07) is 4.86. The van der Waals surface area contributed by atoms with Crippen LogP contribution in [0.3, 0.4) is 0 Å². The van der Waals surface area contributed by atoms with Crippen molar-refractivity contribution in [2.45, 2.75) is 32.8 Å². The number of halogens is 1. The van der Waals surface area contributed by atoms with Crippen LogP contribution in [-0.4, -0.2) is 43.4 Å². The van der Waals surface area contributed by atoms with Crippen molar-refractivity contribution in [2.24, 2.45) is 0 Å². The summed E-state index contributed by atoms with van der Waals surface area (Å²) in [6.45, 7) is 6.05. The number of hydrogen-bond donors (Lipinski definition) is 3. The molecule has 1 aromatic carbocycles. The highest BCUT2D eigenvalue weighted by atomic mass is 35.5. The fourth-order valence-corrected chi connectivity index (χ4v) is 2.07. The number of benzene rings is 1. The number of unbranched alkanes of at least 4 members (excludes halogenated alkanes) is 1. The van der Waals surface area contributed by atoms with Crippen molar-refractivity contribution in [1.82, 2.24) is 10.6 Å². The van der Waals surface area contributed by atoms with Gasteiger partial charge in [-0.2, -0.15) is 0 Å². The molecule has 1 rings (SSSR count). The molecule has 0 radical (unpaired) electrons. The van der Waals surface area contributed by atoms with E-state index in [-0.39, 0.29) is 12.5 Å². The van der Waals surface area contributed by atoms with Crippen molar-refractivity contribution in [2.75, 3.05) is 26.2 Å². The van der Waals surface area contributed by atoms with Crippen LogP contribution in [0.1, 0.15) is 37.0 Å². The van der Waals surface area contributed by atoms with Crippen LogP contribution in [0, 0.1) is 0 Å². The number of carbonyl (C=O) groups excluding carboxylic acids is 1. The van der Waals surface area contributed by atoms with Crippen LogP contribution in [0.15, 0.2) is 18.2 Å². The molecule has 5 nitrogen and oxygen atoms in total. The molecule has 22 heavy (non-hydrogen) atoms. The SMILES string of the molecule is CCCCNC[C@@H](O)COc1ccc(C(=O)NCC)cc1Cl. The van der Waals surface area contributed by atoms with Crippen molar-refractivity contribution in [3.05, 3.63) is 28.8 Å². The summed E-state index contributed by atoms with van der Waals surface area (Å²) in [7, 11) is 0. The molecular formula is C16H25ClN2O3. The van der Waals surface area contributed by atoms with Crippen molar-refractivity contribution < 1.29 is 14.6 Å². The molecule has 0 aliphatic heterocycles. The van der Waals surface area contributed by atoms with E-state index in [1.807, 2.05) is 6.92 Å². The fraction of sp³-hybridized carbons (Fsp3) is 0.562. The predicted octanol–water partition coefficient (Wildman–Crippen LogP) is 2.22. The molecular weight excluding hydrogens is 304 g/mol. The first-order chi connectivity index (χ1) is 10.6. The lowest BCUT2D eigenvalue weighted by Gasteiger charge is -2.14. The molecule has 0 saturated heterocycles. The van der Waals surface area contributed by atoms with Crippen molar-refractivity contribution >= 4 is 17.5 Å². The summed E-state index contributed by atoms with van der Waals surface area (Å²) in [5.41, 5.74) is 0.487. The summed E-state index contributed by atoms with van der Waals surface area (Å²) < 4.78 is 5.50. The second-order valence-corrected chi connectivity index (χ2v) is 5.43. The number of carbonyl (C=O) groups is 1. The van der Waals surface area contributed by atoms with Gasteiger partial charge < -0.3 is 20.5 Å². The smallest absolute Gasteiger partial charge is 0.251 e. The van der Waals surface area contributed by atoms with Crippen LogP contribution in [-0.2, 0) is 0 Å². The third-order valence-electron chi connectivity index (χ3n) is 3.05. The number of aliphatic hydroxyl groups is 1. The maximum absolute atomic E-state index is 11.7. The van der Waals surface area contributed by atoms with Crippen LogP contribution in [0.5, 0.6) is 5.75 Å². The minimum absolute atomic E-state index is 0.152. The summed E-state index contributed by atoms with van der Waals surface area (Å²) in [5.74, 6) is 0.290. The molecule has 0 unspecified atom stereocenters. The third-order valence-corrected chi connectivity index (χ3v) is 3.35. The molecule has 1 atom stereocenters. The molecule has 0 heterocycles. The van der Waals surface area contributed by atoms with Gasteiger partial charge in [-0.25, -0.2) is 0 Å². The number of rotatable bonds is 10. The zero-order chi connectivity index (χ0) is 16.4. The number of ether oxygens (including phenoxy) is 1. The highest BCUT2D eigenvalue weighted by Crippen LogP contribution is 2.25. The van der Waals surface area contributed by atoms with E-state index in [4.69, 9.17) is 16.3 Å². The average molecular weight is 329 g/mol. The van der Waals surface area contributed by atoms with Gasteiger partial charge in [0.2, 0.25) is 0 Å². The Morgan fingerprint density at radius 2 is 2.18 bits per heavy atom. The highest BCUT2D eigenvalue weighted by Gasteiger charge is 2.10. The highest BCUT2D eigenvalue weighted by molar-refractivity contribution is 6.32. The molecule has 0 aromatic heterocycles. The van der Waals surface area contributed by atoms with E-state index in [0.29, 0.717) is 29.4 Å². The van der Waals surface area contributed by atoms with E-state index in [9.17, 15) is 9.90 Å². The number of hydrogen-bond acceptors (Lipinski definition) is 4. The van der Waals surface area contributed by atoms with Gasteiger partial charge in [0.05, 0.1) is 5.02 Å². The van der Waals surface area contributed by atoms with Crippen LogP contribution >= 0.6 is 11.6 Å². The minimum Gasteiger partial charge on any atom is -0.489 e. The lowest BCUT2D eigenvalue weighted by molar-refractivity contribution is 0.0955. The second kappa shape index (κ2) is 10.4. The maximum Gasteiger partial charge on any atom is 0.251 e. The third kappa shape index (κ3) is 6.64. The Labute approximate surface area is 137 Å². The van der Waals surface area contributed by atoms with Gasteiger partial charge in [0.1, 0.15) is 18.5 Å². The van der Waals surface area contributed by atoms with Crippen LogP contribution in [0.2, 0.25) is 5.02 Å². The monoisotopic (exact) mass is 328 g/mol. The quantitative estimate of drug-likeness (QED) is 0.576. The Hall–Kier alpha value is -1.30. The molecule has 0 saturated carbocycles. The Morgan fingerprint density at radius 1 is 1.41 bits per heavy atom. The predicted molar refractivity (Wildman–Crippen MR) is 88.7 cm³/mol. The van der Waals surface area contributed by atoms with Gasteiger partial charge in [-0.15, -0.1) is 0 Å². The van der Waals surface area contributed by atoms with Gasteiger partial charge >= 0.3 is 0 Å². The molecule has 1 aromatic rings. The molecule has 0 aliphatic rings. The van der Waals surface area contributed by atoms with Gasteiger partial charge in [0.25, 0.3) is 5.91 Å². The van der Waals surface area contributed by atoms with Crippen LogP contribution in [0.25, 0.3) is 0 Å². The molecule has 0 bridgehead atoms. The van der Waals surface area contributed by atoms with Gasteiger partial charge in [-0.3, -0.25) is 4.79 Å². The minimum atomic E-state index is -0.601.